The molecular formula is C13H15F2N5. The van der Waals surface area contributed by atoms with Crippen LogP contribution < -0.4 is 5.73 Å². The van der Waals surface area contributed by atoms with E-state index in [-0.39, 0.29) is 6.04 Å². The first-order chi connectivity index (χ1) is 9.63. The Labute approximate surface area is 115 Å². The average molecular weight is 279 g/mol. The summed E-state index contributed by atoms with van der Waals surface area (Å²) in [6, 6.07) is 3.43. The molecule has 1 aromatic heterocycles. The quantitative estimate of drug-likeness (QED) is 0.913. The van der Waals surface area contributed by atoms with Crippen LogP contribution in [0.1, 0.15) is 17.4 Å². The molecule has 1 atom stereocenters. The molecule has 0 aliphatic carbocycles. The number of hydrogen-bond donors (Lipinski definition) is 1. The summed E-state index contributed by atoms with van der Waals surface area (Å²) in [5.41, 5.74) is 6.66. The lowest BCUT2D eigenvalue weighted by Gasteiger charge is -2.29. The Bertz CT molecular complexity index is 613. The molecule has 1 aliphatic heterocycles. The van der Waals surface area contributed by atoms with Crippen molar-refractivity contribution in [2.24, 2.45) is 5.73 Å². The van der Waals surface area contributed by atoms with Crippen molar-refractivity contribution < 1.29 is 8.78 Å². The van der Waals surface area contributed by atoms with Gasteiger partial charge in [-0.05, 0) is 17.7 Å². The first-order valence-corrected chi connectivity index (χ1v) is 6.43. The second kappa shape index (κ2) is 5.26. The van der Waals surface area contributed by atoms with E-state index in [1.807, 2.05) is 4.57 Å². The monoisotopic (exact) mass is 279 g/mol. The van der Waals surface area contributed by atoms with Crippen molar-refractivity contribution in [3.8, 4) is 0 Å². The molecule has 0 saturated carbocycles. The third-order valence-electron chi connectivity index (χ3n) is 3.54. The Kier molecular flexibility index (Phi) is 3.45. The van der Waals surface area contributed by atoms with Crippen molar-refractivity contribution in [2.75, 3.05) is 13.1 Å². The molecule has 3 rings (SSSR count). The van der Waals surface area contributed by atoms with Gasteiger partial charge in [0.05, 0.1) is 6.54 Å². The lowest BCUT2D eigenvalue weighted by Crippen LogP contribution is -2.38. The van der Waals surface area contributed by atoms with Gasteiger partial charge in [0, 0.05) is 25.7 Å². The summed E-state index contributed by atoms with van der Waals surface area (Å²) in [5, 5.41) is 7.89. The van der Waals surface area contributed by atoms with Crippen LogP contribution in [0.25, 0.3) is 0 Å². The number of halogens is 2. The highest BCUT2D eigenvalue weighted by Gasteiger charge is 2.20. The van der Waals surface area contributed by atoms with E-state index in [2.05, 4.69) is 15.1 Å². The van der Waals surface area contributed by atoms with Crippen molar-refractivity contribution in [1.29, 1.82) is 0 Å². The standard InChI is InChI=1S/C13H15F2N5/c14-10-2-1-9(5-11(10)15)12(16)6-19-3-4-20-8-17-18-13(20)7-19/h1-2,5,8,12H,3-4,6-7,16H2. The molecule has 1 aliphatic rings. The molecule has 0 fully saturated rings. The molecule has 2 heterocycles. The van der Waals surface area contributed by atoms with Crippen LogP contribution in [0.3, 0.4) is 0 Å². The molecular weight excluding hydrogens is 264 g/mol. The van der Waals surface area contributed by atoms with E-state index in [9.17, 15) is 8.78 Å². The minimum atomic E-state index is -0.865. The van der Waals surface area contributed by atoms with Crippen molar-refractivity contribution in [3.05, 3.63) is 47.5 Å². The highest BCUT2D eigenvalue weighted by Crippen LogP contribution is 2.18. The first kappa shape index (κ1) is 13.1. The molecule has 2 N–H and O–H groups in total. The van der Waals surface area contributed by atoms with E-state index < -0.39 is 11.6 Å². The summed E-state index contributed by atoms with van der Waals surface area (Å²) in [6.07, 6.45) is 1.71. The zero-order chi connectivity index (χ0) is 14.1. The zero-order valence-electron chi connectivity index (χ0n) is 10.8. The third kappa shape index (κ3) is 2.54. The van der Waals surface area contributed by atoms with E-state index in [1.165, 1.54) is 6.07 Å². The van der Waals surface area contributed by atoms with Crippen LogP contribution >= 0.6 is 0 Å². The predicted molar refractivity (Wildman–Crippen MR) is 68.6 cm³/mol. The van der Waals surface area contributed by atoms with Gasteiger partial charge >= 0.3 is 0 Å². The smallest absolute Gasteiger partial charge is 0.159 e. The summed E-state index contributed by atoms with van der Waals surface area (Å²) in [7, 11) is 0. The number of fused-ring (bicyclic) bond motifs is 1. The Morgan fingerprint density at radius 3 is 2.90 bits per heavy atom. The summed E-state index contributed by atoms with van der Waals surface area (Å²) in [5.74, 6) is -0.822. The van der Waals surface area contributed by atoms with E-state index in [1.54, 1.807) is 6.33 Å². The van der Waals surface area contributed by atoms with Crippen LogP contribution in [0.15, 0.2) is 24.5 Å². The van der Waals surface area contributed by atoms with Gasteiger partial charge in [0.1, 0.15) is 12.2 Å². The van der Waals surface area contributed by atoms with Crippen molar-refractivity contribution in [3.63, 3.8) is 0 Å². The van der Waals surface area contributed by atoms with Gasteiger partial charge in [-0.15, -0.1) is 10.2 Å². The molecule has 5 nitrogen and oxygen atoms in total. The van der Waals surface area contributed by atoms with Gasteiger partial charge in [0.25, 0.3) is 0 Å². The predicted octanol–water partition coefficient (Wildman–Crippen LogP) is 1.07. The van der Waals surface area contributed by atoms with Crippen LogP contribution in [0.2, 0.25) is 0 Å². The van der Waals surface area contributed by atoms with E-state index in [4.69, 9.17) is 5.73 Å². The Morgan fingerprint density at radius 2 is 2.10 bits per heavy atom. The Morgan fingerprint density at radius 1 is 1.25 bits per heavy atom. The van der Waals surface area contributed by atoms with Crippen LogP contribution in [0.5, 0.6) is 0 Å². The Balaban J connectivity index is 1.67. The SMILES string of the molecule is NC(CN1CCn2cnnc2C1)c1ccc(F)c(F)c1. The number of rotatable bonds is 3. The molecule has 1 unspecified atom stereocenters. The number of aromatic nitrogens is 3. The lowest BCUT2D eigenvalue weighted by molar-refractivity contribution is 0.205. The first-order valence-electron chi connectivity index (χ1n) is 6.43. The summed E-state index contributed by atoms with van der Waals surface area (Å²) in [6.45, 7) is 2.88. The van der Waals surface area contributed by atoms with E-state index >= 15 is 0 Å². The molecule has 106 valence electrons. The average Bonchev–Trinajstić information content (AvgIpc) is 2.89. The summed E-state index contributed by atoms with van der Waals surface area (Å²) < 4.78 is 28.1. The van der Waals surface area contributed by atoms with Crippen LogP contribution in [-0.2, 0) is 13.1 Å². The molecule has 7 heteroatoms. The topological polar surface area (TPSA) is 60.0 Å². The number of benzene rings is 1. The summed E-state index contributed by atoms with van der Waals surface area (Å²) >= 11 is 0. The molecule has 2 aromatic rings. The Hall–Kier alpha value is -1.86. The molecule has 0 saturated heterocycles. The van der Waals surface area contributed by atoms with E-state index in [0.717, 1.165) is 31.0 Å². The molecule has 0 bridgehead atoms. The number of nitrogens with two attached hydrogens (primary N) is 1. The molecule has 0 amide bonds. The normalized spacial score (nSPS) is 16.9. The molecule has 0 radical (unpaired) electrons. The largest absolute Gasteiger partial charge is 0.323 e. The third-order valence-corrected chi connectivity index (χ3v) is 3.54. The van der Waals surface area contributed by atoms with Crippen LogP contribution in [-0.4, -0.2) is 32.8 Å². The van der Waals surface area contributed by atoms with Gasteiger partial charge in [0.15, 0.2) is 11.6 Å². The van der Waals surface area contributed by atoms with Gasteiger partial charge in [-0.1, -0.05) is 6.07 Å². The van der Waals surface area contributed by atoms with Crippen LogP contribution in [0, 0.1) is 11.6 Å². The van der Waals surface area contributed by atoms with Gasteiger partial charge < -0.3 is 10.3 Å². The van der Waals surface area contributed by atoms with E-state index in [0.29, 0.717) is 18.7 Å². The molecule has 1 aromatic carbocycles. The van der Waals surface area contributed by atoms with Gasteiger partial charge in [0.2, 0.25) is 0 Å². The summed E-state index contributed by atoms with van der Waals surface area (Å²) in [4.78, 5) is 2.13. The van der Waals surface area contributed by atoms with Gasteiger partial charge in [-0.2, -0.15) is 0 Å². The van der Waals surface area contributed by atoms with Crippen molar-refractivity contribution in [2.45, 2.75) is 19.1 Å². The highest BCUT2D eigenvalue weighted by atomic mass is 19.2. The lowest BCUT2D eigenvalue weighted by atomic mass is 10.1. The highest BCUT2D eigenvalue weighted by molar-refractivity contribution is 5.21. The van der Waals surface area contributed by atoms with Gasteiger partial charge in [-0.3, -0.25) is 4.90 Å². The zero-order valence-corrected chi connectivity index (χ0v) is 10.8. The second-order valence-corrected chi connectivity index (χ2v) is 4.96. The van der Waals surface area contributed by atoms with Gasteiger partial charge in [-0.25, -0.2) is 8.78 Å². The fourth-order valence-corrected chi connectivity index (χ4v) is 2.40. The maximum atomic E-state index is 13.2. The second-order valence-electron chi connectivity index (χ2n) is 4.96. The molecule has 20 heavy (non-hydrogen) atoms. The van der Waals surface area contributed by atoms with Crippen LogP contribution in [0.4, 0.5) is 8.78 Å². The minimum absolute atomic E-state index is 0.362. The fraction of sp³-hybridized carbons (Fsp3) is 0.385. The number of hydrogen-bond acceptors (Lipinski definition) is 4. The van der Waals surface area contributed by atoms with Crippen molar-refractivity contribution in [1.82, 2.24) is 19.7 Å². The maximum Gasteiger partial charge on any atom is 0.159 e. The molecule has 0 spiro atoms. The maximum absolute atomic E-state index is 13.2. The minimum Gasteiger partial charge on any atom is -0.323 e. The van der Waals surface area contributed by atoms with Crippen molar-refractivity contribution >= 4 is 0 Å². The number of nitrogens with zero attached hydrogens (tertiary/aromatic N) is 4. The fourth-order valence-electron chi connectivity index (χ4n) is 2.40.